The minimum absolute atomic E-state index is 0.000266. The minimum atomic E-state index is -1.71. The summed E-state index contributed by atoms with van der Waals surface area (Å²) in [4.78, 5) is 38.2. The molecule has 3 fully saturated rings. The number of fused-ring (bicyclic) bond motifs is 5. The zero-order valence-corrected chi connectivity index (χ0v) is 24.3. The van der Waals surface area contributed by atoms with Crippen LogP contribution in [0.1, 0.15) is 58.1 Å². The molecule has 6 atom stereocenters. The molecule has 7 rings (SSSR count). The average molecular weight is 547 g/mol. The van der Waals surface area contributed by atoms with Crippen molar-refractivity contribution in [3.8, 4) is 0 Å². The third-order valence-electron chi connectivity index (χ3n) is 10.6. The van der Waals surface area contributed by atoms with Crippen LogP contribution in [0.3, 0.4) is 0 Å². The Kier molecular flexibility index (Phi) is 5.93. The smallest absolute Gasteiger partial charge is 0.269 e. The number of H-pyrrole nitrogens is 1. The van der Waals surface area contributed by atoms with Gasteiger partial charge >= 0.3 is 0 Å². The summed E-state index contributed by atoms with van der Waals surface area (Å²) in [6.45, 7) is 10.3. The molecule has 2 N–H and O–H groups in total. The molecular weight excluding hydrogens is 504 g/mol. The normalized spacial score (nSPS) is 35.9. The number of amides is 1. The van der Waals surface area contributed by atoms with Crippen molar-refractivity contribution in [3.05, 3.63) is 41.6 Å². The number of piperazine rings is 1. The van der Waals surface area contributed by atoms with Gasteiger partial charge in [0.2, 0.25) is 0 Å². The van der Waals surface area contributed by atoms with Crippen molar-refractivity contribution >= 4 is 28.2 Å². The van der Waals surface area contributed by atoms with Crippen LogP contribution in [0.25, 0.3) is 16.5 Å². The van der Waals surface area contributed by atoms with E-state index < -0.39 is 11.5 Å². The number of carbonyl (C=O) groups excluding carboxylic acids is 2. The SMILES string of the molecule is CC(C)[C@H]1CN2CCC[C@H]2[C@@]2(O)O[C@](CC(=O)[C@@H]3C=C4c5cccc6[nH]cc(c56)C[C@H]4N(C)C3)(C(C)C)C(=O)N12. The van der Waals surface area contributed by atoms with Gasteiger partial charge in [-0.25, -0.2) is 0 Å². The van der Waals surface area contributed by atoms with Crippen LogP contribution in [0.4, 0.5) is 0 Å². The molecule has 1 aliphatic carbocycles. The van der Waals surface area contributed by atoms with Gasteiger partial charge in [0.25, 0.3) is 11.8 Å². The van der Waals surface area contributed by atoms with Crippen molar-refractivity contribution in [1.29, 1.82) is 0 Å². The lowest BCUT2D eigenvalue weighted by atomic mass is 9.76. The molecule has 0 saturated carbocycles. The van der Waals surface area contributed by atoms with Crippen molar-refractivity contribution in [3.63, 3.8) is 0 Å². The van der Waals surface area contributed by atoms with E-state index in [0.717, 1.165) is 37.9 Å². The third-order valence-corrected chi connectivity index (χ3v) is 10.6. The molecule has 8 heteroatoms. The number of ketones is 1. The lowest BCUT2D eigenvalue weighted by molar-refractivity contribution is -0.327. The average Bonchev–Trinajstić information content (AvgIpc) is 3.61. The largest absolute Gasteiger partial charge is 0.361 e. The van der Waals surface area contributed by atoms with Crippen LogP contribution >= 0.6 is 0 Å². The number of aromatic nitrogens is 1. The first-order chi connectivity index (χ1) is 19.0. The zero-order chi connectivity index (χ0) is 28.1. The Bertz CT molecular complexity index is 1410. The summed E-state index contributed by atoms with van der Waals surface area (Å²) in [6.07, 6.45) is 6.89. The highest BCUT2D eigenvalue weighted by atomic mass is 16.7. The number of Topliss-reactive ketones (excluding diaryl/α,β-unsaturated/α-hetero) is 1. The first-order valence-corrected chi connectivity index (χ1v) is 15.1. The van der Waals surface area contributed by atoms with Crippen LogP contribution < -0.4 is 0 Å². The van der Waals surface area contributed by atoms with E-state index in [-0.39, 0.29) is 54.0 Å². The Morgan fingerprint density at radius 3 is 2.77 bits per heavy atom. The molecule has 0 spiro atoms. The number of hydrogen-bond acceptors (Lipinski definition) is 6. The molecule has 4 aliphatic heterocycles. The van der Waals surface area contributed by atoms with Gasteiger partial charge in [0.1, 0.15) is 5.78 Å². The highest BCUT2D eigenvalue weighted by Gasteiger charge is 2.69. The summed E-state index contributed by atoms with van der Waals surface area (Å²) < 4.78 is 6.62. The molecule has 0 unspecified atom stereocenters. The fourth-order valence-corrected chi connectivity index (χ4v) is 8.35. The van der Waals surface area contributed by atoms with Gasteiger partial charge in [0.15, 0.2) is 5.60 Å². The van der Waals surface area contributed by atoms with Crippen molar-refractivity contribution in [2.24, 2.45) is 17.8 Å². The zero-order valence-electron chi connectivity index (χ0n) is 24.3. The van der Waals surface area contributed by atoms with Gasteiger partial charge in [0.05, 0.1) is 12.1 Å². The molecule has 214 valence electrons. The fraction of sp³-hybridized carbons (Fsp3) is 0.625. The molecule has 40 heavy (non-hydrogen) atoms. The van der Waals surface area contributed by atoms with Crippen LogP contribution in [0, 0.1) is 17.8 Å². The fourth-order valence-electron chi connectivity index (χ4n) is 8.35. The van der Waals surface area contributed by atoms with Gasteiger partial charge in [-0.15, -0.1) is 0 Å². The number of rotatable bonds is 5. The summed E-state index contributed by atoms with van der Waals surface area (Å²) in [5.41, 5.74) is 3.44. The van der Waals surface area contributed by atoms with Crippen LogP contribution in [0.5, 0.6) is 0 Å². The lowest BCUT2D eigenvalue weighted by Gasteiger charge is -2.51. The van der Waals surface area contributed by atoms with Gasteiger partial charge in [-0.2, -0.15) is 0 Å². The summed E-state index contributed by atoms with van der Waals surface area (Å²) in [6, 6.07) is 6.12. The Morgan fingerprint density at radius 1 is 1.23 bits per heavy atom. The van der Waals surface area contributed by atoms with Gasteiger partial charge in [0, 0.05) is 48.6 Å². The molecule has 1 aromatic heterocycles. The van der Waals surface area contributed by atoms with E-state index in [2.05, 4.69) is 66.2 Å². The van der Waals surface area contributed by atoms with E-state index in [9.17, 15) is 14.7 Å². The maximum absolute atomic E-state index is 14.4. The highest BCUT2D eigenvalue weighted by Crippen LogP contribution is 2.50. The maximum Gasteiger partial charge on any atom is 0.269 e. The van der Waals surface area contributed by atoms with Crippen molar-refractivity contribution in [1.82, 2.24) is 19.7 Å². The van der Waals surface area contributed by atoms with Crippen molar-refractivity contribution in [2.75, 3.05) is 26.7 Å². The summed E-state index contributed by atoms with van der Waals surface area (Å²) in [7, 11) is 2.09. The first-order valence-electron chi connectivity index (χ1n) is 15.1. The maximum atomic E-state index is 14.4. The van der Waals surface area contributed by atoms with Crippen LogP contribution in [-0.4, -0.2) is 92.8 Å². The Balaban J connectivity index is 1.24. The topological polar surface area (TPSA) is 89.1 Å². The standard InChI is InChI=1S/C32H42N4O4/c1-18(2)26-17-35-11-7-10-28(35)32(39)36(26)30(38)31(40-32,19(3)4)14-27(37)21-12-23-22-8-6-9-24-29(22)20(15-33-24)13-25(23)34(5)16-21/h6,8-9,12,15,18-19,21,25-26,28,33,39H,7,10-11,13-14,16-17H2,1-5H3/t21-,25-,26-,28+,31-,32-/m1/s1. The van der Waals surface area contributed by atoms with Crippen molar-refractivity contribution in [2.45, 2.75) is 83.0 Å². The molecule has 0 radical (unpaired) electrons. The second-order valence-corrected chi connectivity index (χ2v) is 13.5. The molecule has 3 saturated heterocycles. The second kappa shape index (κ2) is 8.99. The number of benzene rings is 1. The van der Waals surface area contributed by atoms with Gasteiger partial charge in [-0.1, -0.05) is 45.9 Å². The van der Waals surface area contributed by atoms with Gasteiger partial charge in [-0.3, -0.25) is 24.3 Å². The predicted molar refractivity (Wildman–Crippen MR) is 153 cm³/mol. The molecule has 1 amide bonds. The van der Waals surface area contributed by atoms with Crippen LogP contribution in [-0.2, 0) is 20.7 Å². The second-order valence-electron chi connectivity index (χ2n) is 13.5. The monoisotopic (exact) mass is 546 g/mol. The highest BCUT2D eigenvalue weighted by molar-refractivity contribution is 6.00. The first kappa shape index (κ1) is 26.4. The number of hydrogen-bond donors (Lipinski definition) is 2. The number of carbonyl (C=O) groups is 2. The lowest BCUT2D eigenvalue weighted by Crippen LogP contribution is -2.70. The molecule has 5 aliphatic rings. The number of nitrogens with zero attached hydrogens (tertiary/aromatic N) is 3. The summed E-state index contributed by atoms with van der Waals surface area (Å²) >= 11 is 0. The van der Waals surface area contributed by atoms with E-state index in [1.807, 2.05) is 13.8 Å². The molecule has 2 aromatic rings. The molecule has 8 nitrogen and oxygen atoms in total. The molecule has 0 bridgehead atoms. The van der Waals surface area contributed by atoms with Gasteiger partial charge in [-0.05, 0) is 67.5 Å². The number of aromatic amines is 1. The number of aliphatic hydroxyl groups is 1. The number of likely N-dealkylation sites (N-methyl/N-ethyl adjacent to an activating group) is 1. The molecule has 5 heterocycles. The van der Waals surface area contributed by atoms with E-state index in [1.54, 1.807) is 4.90 Å². The Labute approximate surface area is 236 Å². The number of ether oxygens (including phenoxy) is 1. The van der Waals surface area contributed by atoms with E-state index in [4.69, 9.17) is 4.74 Å². The van der Waals surface area contributed by atoms with Gasteiger partial charge < -0.3 is 14.8 Å². The Morgan fingerprint density at radius 2 is 2.02 bits per heavy atom. The van der Waals surface area contributed by atoms with Crippen LogP contribution in [0.15, 0.2) is 30.5 Å². The Hall–Kier alpha value is -2.52. The van der Waals surface area contributed by atoms with E-state index in [1.165, 1.54) is 22.1 Å². The third kappa shape index (κ3) is 3.52. The minimum Gasteiger partial charge on any atom is -0.361 e. The van der Waals surface area contributed by atoms with E-state index >= 15 is 0 Å². The quantitative estimate of drug-likeness (QED) is 0.598. The summed E-state index contributed by atoms with van der Waals surface area (Å²) in [5, 5.41) is 13.4. The predicted octanol–water partition coefficient (Wildman–Crippen LogP) is 3.40. The van der Waals surface area contributed by atoms with E-state index in [0.29, 0.717) is 6.54 Å². The molecule has 1 aromatic carbocycles. The molecular formula is C32H42N4O4. The van der Waals surface area contributed by atoms with Crippen LogP contribution in [0.2, 0.25) is 0 Å². The number of nitrogens with one attached hydrogen (secondary N) is 1. The summed E-state index contributed by atoms with van der Waals surface area (Å²) in [5.74, 6) is -2.40. The van der Waals surface area contributed by atoms with Crippen molar-refractivity contribution < 1.29 is 19.4 Å².